The molecule has 0 aliphatic carbocycles. The molecule has 0 amide bonds. The van der Waals surface area contributed by atoms with Gasteiger partial charge in [-0.3, -0.25) is 14.9 Å². The highest BCUT2D eigenvalue weighted by atomic mass is 32.2. The van der Waals surface area contributed by atoms with E-state index >= 15 is 0 Å². The Labute approximate surface area is 183 Å². The molecule has 31 heavy (non-hydrogen) atoms. The van der Waals surface area contributed by atoms with Crippen LogP contribution in [-0.4, -0.2) is 21.2 Å². The van der Waals surface area contributed by atoms with Crippen LogP contribution in [0.25, 0.3) is 10.9 Å². The lowest BCUT2D eigenvalue weighted by Gasteiger charge is -2.05. The highest BCUT2D eigenvalue weighted by Gasteiger charge is 2.12. The molecule has 1 aromatic heterocycles. The molecule has 0 aliphatic heterocycles. The number of fused-ring (bicyclic) bond motifs is 1. The molecule has 7 heteroatoms. The molecule has 3 aromatic carbocycles. The standard InChI is InChI=1S/C24H20N2O4S/c27-24(30-16-19-6-2-1-3-7-19)17-31-23-15-25(22-9-5-4-8-21(22)23)14-18-10-12-20(13-11-18)26(28)29/h1-13,15H,14,16-17H2. The van der Waals surface area contributed by atoms with Gasteiger partial charge in [0, 0.05) is 40.7 Å². The number of thioether (sulfide) groups is 1. The monoisotopic (exact) mass is 432 g/mol. The Morgan fingerprint density at radius 2 is 1.65 bits per heavy atom. The molecule has 0 unspecified atom stereocenters. The molecule has 0 saturated carbocycles. The number of rotatable bonds is 8. The van der Waals surface area contributed by atoms with Crippen LogP contribution < -0.4 is 0 Å². The van der Waals surface area contributed by atoms with Gasteiger partial charge in [-0.1, -0.05) is 60.7 Å². The third-order valence-corrected chi connectivity index (χ3v) is 5.86. The van der Waals surface area contributed by atoms with Crippen LogP contribution in [0, 0.1) is 10.1 Å². The number of carbonyl (C=O) groups excluding carboxylic acids is 1. The Morgan fingerprint density at radius 3 is 2.39 bits per heavy atom. The van der Waals surface area contributed by atoms with E-state index < -0.39 is 4.92 Å². The number of hydrogen-bond donors (Lipinski definition) is 0. The number of esters is 1. The van der Waals surface area contributed by atoms with Gasteiger partial charge >= 0.3 is 5.97 Å². The quantitative estimate of drug-likeness (QED) is 0.161. The summed E-state index contributed by atoms with van der Waals surface area (Å²) < 4.78 is 7.46. The van der Waals surface area contributed by atoms with Gasteiger partial charge in [-0.05, 0) is 17.2 Å². The van der Waals surface area contributed by atoms with Crippen LogP contribution in [0.3, 0.4) is 0 Å². The first kappa shape index (κ1) is 20.7. The maximum Gasteiger partial charge on any atom is 0.316 e. The van der Waals surface area contributed by atoms with E-state index in [4.69, 9.17) is 4.74 Å². The lowest BCUT2D eigenvalue weighted by Crippen LogP contribution is -2.07. The lowest BCUT2D eigenvalue weighted by atomic mass is 10.2. The van der Waals surface area contributed by atoms with E-state index in [0.717, 1.165) is 26.9 Å². The topological polar surface area (TPSA) is 74.4 Å². The number of para-hydroxylation sites is 1. The van der Waals surface area contributed by atoms with Crippen molar-refractivity contribution in [2.45, 2.75) is 18.0 Å². The molecule has 0 saturated heterocycles. The van der Waals surface area contributed by atoms with Crippen LogP contribution in [0.15, 0.2) is 90.0 Å². The fourth-order valence-corrected chi connectivity index (χ4v) is 4.18. The summed E-state index contributed by atoms with van der Waals surface area (Å²) in [5, 5.41) is 11.9. The van der Waals surface area contributed by atoms with Gasteiger partial charge in [-0.25, -0.2) is 0 Å². The van der Waals surface area contributed by atoms with Gasteiger partial charge in [0.2, 0.25) is 0 Å². The fraction of sp³-hybridized carbons (Fsp3) is 0.125. The Bertz CT molecular complexity index is 1200. The predicted octanol–water partition coefficient (Wildman–Crippen LogP) is 5.43. The minimum absolute atomic E-state index is 0.0753. The van der Waals surface area contributed by atoms with Crippen molar-refractivity contribution in [3.8, 4) is 0 Å². The van der Waals surface area contributed by atoms with E-state index in [-0.39, 0.29) is 24.0 Å². The summed E-state index contributed by atoms with van der Waals surface area (Å²) >= 11 is 1.45. The Hall–Kier alpha value is -3.58. The van der Waals surface area contributed by atoms with Crippen LogP contribution in [0.5, 0.6) is 0 Å². The second kappa shape index (κ2) is 9.49. The van der Waals surface area contributed by atoms with Crippen LogP contribution in [0.1, 0.15) is 11.1 Å². The van der Waals surface area contributed by atoms with Crippen LogP contribution in [0.4, 0.5) is 5.69 Å². The van der Waals surface area contributed by atoms with Crippen LogP contribution >= 0.6 is 11.8 Å². The maximum absolute atomic E-state index is 12.2. The van der Waals surface area contributed by atoms with E-state index in [2.05, 4.69) is 4.57 Å². The summed E-state index contributed by atoms with van der Waals surface area (Å²) in [7, 11) is 0. The number of carbonyl (C=O) groups is 1. The highest BCUT2D eigenvalue weighted by molar-refractivity contribution is 8.00. The number of nitrogens with zero attached hydrogens (tertiary/aromatic N) is 2. The second-order valence-electron chi connectivity index (χ2n) is 7.00. The van der Waals surface area contributed by atoms with Crippen LogP contribution in [-0.2, 0) is 22.7 Å². The number of nitro groups is 1. The summed E-state index contributed by atoms with van der Waals surface area (Å²) in [6.45, 7) is 0.847. The van der Waals surface area contributed by atoms with Crippen molar-refractivity contribution in [3.05, 3.63) is 106 Å². The maximum atomic E-state index is 12.2. The lowest BCUT2D eigenvalue weighted by molar-refractivity contribution is -0.384. The van der Waals surface area contributed by atoms with Gasteiger partial charge in [0.1, 0.15) is 6.61 Å². The molecule has 0 fully saturated rings. The minimum Gasteiger partial charge on any atom is -0.460 e. The average molecular weight is 433 g/mol. The van der Waals surface area contributed by atoms with Gasteiger partial charge in [-0.2, -0.15) is 0 Å². The predicted molar refractivity (Wildman–Crippen MR) is 121 cm³/mol. The molecule has 0 radical (unpaired) electrons. The fourth-order valence-electron chi connectivity index (χ4n) is 3.30. The van der Waals surface area contributed by atoms with Crippen molar-refractivity contribution in [3.63, 3.8) is 0 Å². The molecule has 0 atom stereocenters. The molecule has 0 aliphatic rings. The number of non-ortho nitro benzene ring substituents is 1. The first-order valence-corrected chi connectivity index (χ1v) is 10.7. The van der Waals surface area contributed by atoms with Gasteiger partial charge < -0.3 is 9.30 Å². The molecule has 6 nitrogen and oxygen atoms in total. The minimum atomic E-state index is -0.402. The zero-order valence-electron chi connectivity index (χ0n) is 16.6. The van der Waals surface area contributed by atoms with Crippen molar-refractivity contribution in [2.75, 3.05) is 5.75 Å². The summed E-state index contributed by atoms with van der Waals surface area (Å²) in [4.78, 5) is 23.7. The number of ether oxygens (including phenoxy) is 1. The Kier molecular flexibility index (Phi) is 6.33. The van der Waals surface area contributed by atoms with Gasteiger partial charge in [0.25, 0.3) is 5.69 Å². The third-order valence-electron chi connectivity index (χ3n) is 4.84. The number of nitro benzene ring substituents is 1. The molecule has 1 heterocycles. The van der Waals surface area contributed by atoms with Gasteiger partial charge in [0.15, 0.2) is 0 Å². The van der Waals surface area contributed by atoms with Gasteiger partial charge in [-0.15, -0.1) is 11.8 Å². The largest absolute Gasteiger partial charge is 0.460 e. The molecule has 4 aromatic rings. The average Bonchev–Trinajstić information content (AvgIpc) is 3.15. The molecule has 4 rings (SSSR count). The summed E-state index contributed by atoms with van der Waals surface area (Å²) in [5.74, 6) is -0.0423. The molecular formula is C24H20N2O4S. The van der Waals surface area contributed by atoms with Crippen molar-refractivity contribution in [2.24, 2.45) is 0 Å². The first-order valence-electron chi connectivity index (χ1n) is 9.74. The normalized spacial score (nSPS) is 10.8. The zero-order valence-corrected chi connectivity index (χ0v) is 17.5. The van der Waals surface area contributed by atoms with Crippen molar-refractivity contribution < 1.29 is 14.5 Å². The SMILES string of the molecule is O=C(CSc1cn(Cc2ccc([N+](=O)[O-])cc2)c2ccccc12)OCc1ccccc1. The van der Waals surface area contributed by atoms with E-state index in [1.807, 2.05) is 60.8 Å². The van der Waals surface area contributed by atoms with E-state index in [9.17, 15) is 14.9 Å². The van der Waals surface area contributed by atoms with E-state index in [0.29, 0.717) is 6.54 Å². The number of aromatic nitrogens is 1. The zero-order chi connectivity index (χ0) is 21.6. The molecule has 156 valence electrons. The van der Waals surface area contributed by atoms with Crippen molar-refractivity contribution in [1.82, 2.24) is 4.57 Å². The van der Waals surface area contributed by atoms with E-state index in [1.54, 1.807) is 12.1 Å². The smallest absolute Gasteiger partial charge is 0.316 e. The summed E-state index contributed by atoms with van der Waals surface area (Å²) in [5.41, 5.74) is 3.04. The molecule has 0 spiro atoms. The van der Waals surface area contributed by atoms with Crippen molar-refractivity contribution in [1.29, 1.82) is 0 Å². The third kappa shape index (κ3) is 5.13. The number of benzene rings is 3. The second-order valence-corrected chi connectivity index (χ2v) is 8.01. The Morgan fingerprint density at radius 1 is 0.935 bits per heavy atom. The van der Waals surface area contributed by atoms with Crippen molar-refractivity contribution >= 4 is 34.3 Å². The Balaban J connectivity index is 1.45. The molecule has 0 N–H and O–H groups in total. The summed E-state index contributed by atoms with van der Waals surface area (Å²) in [6.07, 6.45) is 2.02. The molecule has 0 bridgehead atoms. The highest BCUT2D eigenvalue weighted by Crippen LogP contribution is 2.31. The van der Waals surface area contributed by atoms with Crippen LogP contribution in [0.2, 0.25) is 0 Å². The summed E-state index contributed by atoms with van der Waals surface area (Å²) in [6, 6.07) is 24.1. The first-order chi connectivity index (χ1) is 15.1. The molecular weight excluding hydrogens is 412 g/mol. The number of hydrogen-bond acceptors (Lipinski definition) is 5. The van der Waals surface area contributed by atoms with Gasteiger partial charge in [0.05, 0.1) is 10.7 Å². The van der Waals surface area contributed by atoms with E-state index in [1.165, 1.54) is 23.9 Å².